The minimum Gasteiger partial charge on any atom is -0.497 e. The molecule has 0 spiro atoms. The second-order valence-electron chi connectivity index (χ2n) is 13.0. The lowest BCUT2D eigenvalue weighted by atomic mass is 9.88. The van der Waals surface area contributed by atoms with E-state index in [2.05, 4.69) is 25.8 Å². The number of hydrogen-bond acceptors (Lipinski definition) is 9. The predicted molar refractivity (Wildman–Crippen MR) is 170 cm³/mol. The monoisotopic (exact) mass is 632 g/mol. The Balaban J connectivity index is 1.47. The Morgan fingerprint density at radius 1 is 0.957 bits per heavy atom. The van der Waals surface area contributed by atoms with E-state index in [9.17, 15) is 19.2 Å². The molecule has 4 rings (SSSR count). The Hall–Kier alpha value is -4.61. The molecule has 1 unspecified atom stereocenters. The van der Waals surface area contributed by atoms with E-state index in [1.165, 1.54) is 12.0 Å². The van der Waals surface area contributed by atoms with Crippen LogP contribution in [0.2, 0.25) is 0 Å². The first-order chi connectivity index (χ1) is 21.7. The molecule has 2 aromatic heterocycles. The van der Waals surface area contributed by atoms with Crippen molar-refractivity contribution in [1.29, 1.82) is 0 Å². The fourth-order valence-electron chi connectivity index (χ4n) is 5.40. The third-order valence-corrected chi connectivity index (χ3v) is 8.38. The highest BCUT2D eigenvalue weighted by molar-refractivity contribution is 6.01. The van der Waals surface area contributed by atoms with Crippen molar-refractivity contribution in [3.05, 3.63) is 71.2 Å². The number of carbonyl (C=O) groups excluding carboxylic acids is 4. The summed E-state index contributed by atoms with van der Waals surface area (Å²) >= 11 is 0. The minimum atomic E-state index is -0.963. The minimum absolute atomic E-state index is 0.213. The lowest BCUT2D eigenvalue weighted by Crippen LogP contribution is -2.57. The van der Waals surface area contributed by atoms with Crippen LogP contribution >= 0.6 is 0 Å². The third kappa shape index (κ3) is 7.43. The predicted octanol–water partition coefficient (Wildman–Crippen LogP) is 3.88. The number of carbonyl (C=O) groups is 4. The van der Waals surface area contributed by atoms with Gasteiger partial charge in [0.25, 0.3) is 11.8 Å². The van der Waals surface area contributed by atoms with E-state index in [1.54, 1.807) is 44.3 Å². The smallest absolute Gasteiger partial charge is 0.286 e. The largest absolute Gasteiger partial charge is 0.497 e. The van der Waals surface area contributed by atoms with Crippen LogP contribution in [0.3, 0.4) is 0 Å². The molecule has 0 bridgehead atoms. The summed E-state index contributed by atoms with van der Waals surface area (Å²) in [5, 5.41) is 13.9. The number of Topliss-reactive ketones (excluding diaryl/α,β-unsaturated/α-hetero) is 1. The van der Waals surface area contributed by atoms with Gasteiger partial charge in [-0.25, -0.2) is 0 Å². The number of amides is 3. The molecule has 2 N–H and O–H groups in total. The summed E-state index contributed by atoms with van der Waals surface area (Å²) in [4.78, 5) is 60.0. The van der Waals surface area contributed by atoms with Crippen LogP contribution in [0.15, 0.2) is 47.0 Å². The lowest BCUT2D eigenvalue weighted by Gasteiger charge is -2.31. The number of aryl methyl sites for hydroxylation is 1. The summed E-state index contributed by atoms with van der Waals surface area (Å²) in [5.74, 6) is -1.65. The fourth-order valence-corrected chi connectivity index (χ4v) is 5.40. The number of nitrogens with zero attached hydrogens (tertiary/aromatic N) is 4. The molecule has 46 heavy (non-hydrogen) atoms. The van der Waals surface area contributed by atoms with Gasteiger partial charge in [0.2, 0.25) is 23.5 Å². The van der Waals surface area contributed by atoms with E-state index in [-0.39, 0.29) is 29.5 Å². The number of ketones is 1. The van der Waals surface area contributed by atoms with Crippen molar-refractivity contribution in [2.45, 2.75) is 84.8 Å². The number of benzene rings is 1. The lowest BCUT2D eigenvalue weighted by molar-refractivity contribution is -0.140. The normalized spacial score (nSPS) is 16.3. The van der Waals surface area contributed by atoms with Gasteiger partial charge in [-0.15, -0.1) is 10.2 Å². The van der Waals surface area contributed by atoms with Gasteiger partial charge in [-0.05, 0) is 81.3 Å². The number of methoxy groups -OCH3 is 1. The van der Waals surface area contributed by atoms with Crippen molar-refractivity contribution in [1.82, 2.24) is 30.7 Å². The average Bonchev–Trinajstić information content (AvgIpc) is 3.73. The van der Waals surface area contributed by atoms with Crippen molar-refractivity contribution in [2.75, 3.05) is 13.7 Å². The second-order valence-corrected chi connectivity index (χ2v) is 13.0. The molecule has 1 aromatic carbocycles. The van der Waals surface area contributed by atoms with Gasteiger partial charge in [0.1, 0.15) is 17.8 Å². The quantitative estimate of drug-likeness (QED) is 0.283. The zero-order valence-electron chi connectivity index (χ0n) is 27.8. The van der Waals surface area contributed by atoms with Crippen molar-refractivity contribution in [3.63, 3.8) is 0 Å². The molecule has 12 heteroatoms. The fraction of sp³-hybridized carbons (Fsp3) is 0.500. The van der Waals surface area contributed by atoms with Gasteiger partial charge < -0.3 is 24.7 Å². The molecule has 1 aliphatic rings. The van der Waals surface area contributed by atoms with Crippen LogP contribution in [0, 0.1) is 18.8 Å². The first kappa shape index (κ1) is 34.3. The van der Waals surface area contributed by atoms with E-state index < -0.39 is 41.1 Å². The summed E-state index contributed by atoms with van der Waals surface area (Å²) in [5.41, 5.74) is 1.35. The molecule has 3 heterocycles. The topological polar surface area (TPSA) is 157 Å². The van der Waals surface area contributed by atoms with Gasteiger partial charge in [0.05, 0.1) is 24.3 Å². The van der Waals surface area contributed by atoms with Gasteiger partial charge in [-0.3, -0.25) is 24.2 Å². The van der Waals surface area contributed by atoms with Gasteiger partial charge >= 0.3 is 0 Å². The van der Waals surface area contributed by atoms with Gasteiger partial charge in [0.15, 0.2) is 0 Å². The van der Waals surface area contributed by atoms with E-state index >= 15 is 0 Å². The van der Waals surface area contributed by atoms with Crippen LogP contribution in [0.25, 0.3) is 0 Å². The molecule has 1 saturated heterocycles. The number of nitrogens with one attached hydrogen (secondary N) is 2. The average molecular weight is 633 g/mol. The molecule has 0 aliphatic carbocycles. The number of rotatable bonds is 12. The van der Waals surface area contributed by atoms with Crippen LogP contribution < -0.4 is 15.4 Å². The molecule has 1 aliphatic heterocycles. The van der Waals surface area contributed by atoms with Crippen molar-refractivity contribution < 1.29 is 28.3 Å². The zero-order valence-corrected chi connectivity index (χ0v) is 27.8. The van der Waals surface area contributed by atoms with E-state index in [4.69, 9.17) is 9.15 Å². The number of likely N-dealkylation sites (tertiary alicyclic amines) is 1. The maximum absolute atomic E-state index is 13.8. The Morgan fingerprint density at radius 3 is 2.22 bits per heavy atom. The Morgan fingerprint density at radius 2 is 1.63 bits per heavy atom. The van der Waals surface area contributed by atoms with Crippen LogP contribution in [-0.4, -0.2) is 75.4 Å². The van der Waals surface area contributed by atoms with E-state index in [0.717, 1.165) is 5.56 Å². The summed E-state index contributed by atoms with van der Waals surface area (Å²) in [6, 6.07) is 7.79. The Bertz CT molecular complexity index is 1550. The van der Waals surface area contributed by atoms with Crippen LogP contribution in [-0.2, 0) is 15.0 Å². The summed E-state index contributed by atoms with van der Waals surface area (Å²) in [6.07, 6.45) is 2.78. The molecule has 3 atom stereocenters. The standard InChI is InChI=1S/C34H44N6O6/c1-19(2)26(28(41)31-38-39-33(46-31)34(6,7)25-16-11-21(5)18-35-25)36-30(43)24-10-9-17-40(24)32(44)27(20(3)4)37-29(42)22-12-14-23(45-8)15-13-22/h11-16,18-20,24,26-27H,9-10,17H2,1-8H3,(H,36,43)(H,37,42)/t24-,26?,27-/m0/s1. The van der Waals surface area contributed by atoms with E-state index in [1.807, 2.05) is 46.8 Å². The summed E-state index contributed by atoms with van der Waals surface area (Å²) in [7, 11) is 1.54. The number of pyridine rings is 1. The molecule has 246 valence electrons. The van der Waals surface area contributed by atoms with Crippen LogP contribution in [0.1, 0.15) is 92.6 Å². The Kier molecular flexibility index (Phi) is 10.6. The van der Waals surface area contributed by atoms with E-state index in [0.29, 0.717) is 36.4 Å². The first-order valence-corrected chi connectivity index (χ1v) is 15.6. The molecule has 1 fully saturated rings. The molecular weight excluding hydrogens is 588 g/mol. The SMILES string of the molecule is COc1ccc(C(=O)N[C@H](C(=O)N2CCC[C@H]2C(=O)NC(C(=O)c2nnc(C(C)(C)c3ccc(C)cn3)o2)C(C)C)C(C)C)cc1. The van der Waals surface area contributed by atoms with Crippen molar-refractivity contribution in [3.8, 4) is 5.75 Å². The number of ether oxygens (including phenoxy) is 1. The zero-order chi connectivity index (χ0) is 33.8. The third-order valence-electron chi connectivity index (χ3n) is 8.38. The molecule has 12 nitrogen and oxygen atoms in total. The molecular formula is C34H44N6O6. The number of aromatic nitrogens is 3. The maximum atomic E-state index is 13.8. The van der Waals surface area contributed by atoms with Crippen molar-refractivity contribution >= 4 is 23.5 Å². The van der Waals surface area contributed by atoms with Crippen LogP contribution in [0.5, 0.6) is 5.75 Å². The summed E-state index contributed by atoms with van der Waals surface area (Å²) in [6.45, 7) is 13.3. The maximum Gasteiger partial charge on any atom is 0.286 e. The number of hydrogen-bond donors (Lipinski definition) is 2. The van der Waals surface area contributed by atoms with Gasteiger partial charge in [-0.1, -0.05) is 33.8 Å². The highest BCUT2D eigenvalue weighted by Crippen LogP contribution is 2.29. The molecule has 0 radical (unpaired) electrons. The van der Waals surface area contributed by atoms with Crippen LogP contribution in [0.4, 0.5) is 0 Å². The molecule has 3 aromatic rings. The Labute approximate surface area is 269 Å². The second kappa shape index (κ2) is 14.2. The first-order valence-electron chi connectivity index (χ1n) is 15.6. The van der Waals surface area contributed by atoms with Gasteiger partial charge in [0, 0.05) is 18.3 Å². The summed E-state index contributed by atoms with van der Waals surface area (Å²) < 4.78 is 11.0. The highest BCUT2D eigenvalue weighted by atomic mass is 16.5. The van der Waals surface area contributed by atoms with Gasteiger partial charge in [-0.2, -0.15) is 0 Å². The molecule has 0 saturated carbocycles. The van der Waals surface area contributed by atoms with Crippen molar-refractivity contribution in [2.24, 2.45) is 11.8 Å². The highest BCUT2D eigenvalue weighted by Gasteiger charge is 2.41. The molecule has 3 amide bonds.